The number of nitriles is 1. The fourth-order valence-electron chi connectivity index (χ4n) is 4.70. The molecule has 0 bridgehead atoms. The Hall–Kier alpha value is -3.42. The van der Waals surface area contributed by atoms with Gasteiger partial charge in [-0.2, -0.15) is 5.26 Å². The highest BCUT2D eigenvalue weighted by Crippen LogP contribution is 2.36. The van der Waals surface area contributed by atoms with Gasteiger partial charge >= 0.3 is 0 Å². The summed E-state index contributed by atoms with van der Waals surface area (Å²) in [6.45, 7) is 10.3. The maximum Gasteiger partial charge on any atom is 0.270 e. The second-order valence-corrected chi connectivity index (χ2v) is 10.5. The molecule has 0 aliphatic carbocycles. The molecule has 37 heavy (non-hydrogen) atoms. The lowest BCUT2D eigenvalue weighted by Crippen LogP contribution is -2.49. The molecule has 2 fully saturated rings. The molecule has 1 aromatic carbocycles. The van der Waals surface area contributed by atoms with Crippen LogP contribution >= 0.6 is 24.0 Å². The van der Waals surface area contributed by atoms with E-state index in [0.717, 1.165) is 0 Å². The van der Waals surface area contributed by atoms with Gasteiger partial charge in [0, 0.05) is 44.8 Å². The van der Waals surface area contributed by atoms with Crippen molar-refractivity contribution >= 4 is 51.8 Å². The van der Waals surface area contributed by atoms with Gasteiger partial charge in [0.15, 0.2) is 0 Å². The molecule has 4 rings (SSSR count). The molecule has 1 aromatic heterocycles. The Bertz CT molecular complexity index is 1390. The minimum absolute atomic E-state index is 0.0648. The quantitative estimate of drug-likeness (QED) is 0.296. The van der Waals surface area contributed by atoms with Crippen molar-refractivity contribution in [1.29, 1.82) is 5.26 Å². The molecule has 2 aromatic rings. The maximum absolute atomic E-state index is 14.4. The third kappa shape index (κ3) is 5.06. The van der Waals surface area contributed by atoms with Crippen molar-refractivity contribution in [1.82, 2.24) is 9.47 Å². The van der Waals surface area contributed by atoms with E-state index in [1.165, 1.54) is 22.7 Å². The molecule has 2 saturated heterocycles. The van der Waals surface area contributed by atoms with Crippen molar-refractivity contribution in [3.8, 4) is 6.07 Å². The van der Waals surface area contributed by atoms with Crippen molar-refractivity contribution in [2.24, 2.45) is 0 Å². The number of hydrogen-bond donors (Lipinski definition) is 0. The summed E-state index contributed by atoms with van der Waals surface area (Å²) in [5.74, 6) is 0.178. The third-order valence-electron chi connectivity index (χ3n) is 6.53. The first-order valence-electron chi connectivity index (χ1n) is 12.1. The van der Waals surface area contributed by atoms with Gasteiger partial charge in [0.05, 0.1) is 10.6 Å². The van der Waals surface area contributed by atoms with Crippen LogP contribution in [-0.4, -0.2) is 52.4 Å². The van der Waals surface area contributed by atoms with Gasteiger partial charge in [-0.15, -0.1) is 6.58 Å². The predicted octanol–water partition coefficient (Wildman–Crippen LogP) is 4.29. The van der Waals surface area contributed by atoms with Gasteiger partial charge in [-0.05, 0) is 37.1 Å². The Morgan fingerprint density at radius 1 is 1.19 bits per heavy atom. The Morgan fingerprint density at radius 3 is 2.49 bits per heavy atom. The van der Waals surface area contributed by atoms with Crippen molar-refractivity contribution < 1.29 is 9.18 Å². The number of anilines is 2. The number of halogens is 1. The number of aromatic nitrogens is 1. The van der Waals surface area contributed by atoms with Crippen LogP contribution in [0.25, 0.3) is 6.08 Å². The Morgan fingerprint density at radius 2 is 1.86 bits per heavy atom. The van der Waals surface area contributed by atoms with E-state index in [0.29, 0.717) is 77.5 Å². The van der Waals surface area contributed by atoms with Crippen LogP contribution in [0, 0.1) is 24.1 Å². The Labute approximate surface area is 225 Å². The van der Waals surface area contributed by atoms with Crippen molar-refractivity contribution in [2.45, 2.75) is 26.8 Å². The highest BCUT2D eigenvalue weighted by molar-refractivity contribution is 8.26. The SMILES string of the molecule is C=CCN1C(=O)C(=Cc2c(C)c(C#N)c(=O)n(CCC)c2N2CCN(c3ccccc3F)CC2)SC1=S. The highest BCUT2D eigenvalue weighted by Gasteiger charge is 2.33. The number of carbonyl (C=O) groups excluding carboxylic acids is 1. The molecule has 0 saturated carbocycles. The molecule has 1 amide bonds. The van der Waals surface area contributed by atoms with Crippen molar-refractivity contribution in [3.63, 3.8) is 0 Å². The van der Waals surface area contributed by atoms with Crippen LogP contribution in [-0.2, 0) is 11.3 Å². The fraction of sp³-hybridized carbons (Fsp3) is 0.333. The first kappa shape index (κ1) is 26.6. The monoisotopic (exact) mass is 537 g/mol. The van der Waals surface area contributed by atoms with E-state index in [9.17, 15) is 19.2 Å². The van der Waals surface area contributed by atoms with Gasteiger partial charge < -0.3 is 9.80 Å². The highest BCUT2D eigenvalue weighted by atomic mass is 32.2. The number of benzene rings is 1. The molecule has 3 heterocycles. The van der Waals surface area contributed by atoms with E-state index in [4.69, 9.17) is 12.2 Å². The average molecular weight is 538 g/mol. The minimum atomic E-state index is -0.343. The van der Waals surface area contributed by atoms with Gasteiger partial charge in [0.25, 0.3) is 11.5 Å². The van der Waals surface area contributed by atoms with Gasteiger partial charge in [-0.25, -0.2) is 4.39 Å². The zero-order valence-corrected chi connectivity index (χ0v) is 22.5. The summed E-state index contributed by atoms with van der Waals surface area (Å²) in [7, 11) is 0. The summed E-state index contributed by atoms with van der Waals surface area (Å²) in [6.07, 6.45) is 4.06. The van der Waals surface area contributed by atoms with Crippen LogP contribution in [0.4, 0.5) is 15.9 Å². The molecule has 2 aliphatic rings. The minimum Gasteiger partial charge on any atom is -0.366 e. The van der Waals surface area contributed by atoms with Crippen LogP contribution in [0.2, 0.25) is 0 Å². The van der Waals surface area contributed by atoms with E-state index in [-0.39, 0.29) is 22.8 Å². The van der Waals surface area contributed by atoms with E-state index in [1.807, 2.05) is 17.9 Å². The number of amides is 1. The Balaban J connectivity index is 1.80. The van der Waals surface area contributed by atoms with Crippen molar-refractivity contribution in [3.05, 3.63) is 74.7 Å². The molecule has 2 aliphatic heterocycles. The summed E-state index contributed by atoms with van der Waals surface area (Å²) in [5, 5.41) is 9.82. The van der Waals surface area contributed by atoms with E-state index in [2.05, 4.69) is 17.5 Å². The second kappa shape index (κ2) is 11.3. The normalized spacial score (nSPS) is 17.0. The number of rotatable bonds is 7. The van der Waals surface area contributed by atoms with Gasteiger partial charge in [-0.1, -0.05) is 49.1 Å². The van der Waals surface area contributed by atoms with E-state index >= 15 is 0 Å². The summed E-state index contributed by atoms with van der Waals surface area (Å²) in [5.41, 5.74) is 1.46. The molecule has 7 nitrogen and oxygen atoms in total. The van der Waals surface area contributed by atoms with E-state index < -0.39 is 0 Å². The third-order valence-corrected chi connectivity index (χ3v) is 7.90. The number of carbonyl (C=O) groups is 1. The zero-order valence-electron chi connectivity index (χ0n) is 20.9. The van der Waals surface area contributed by atoms with Crippen LogP contribution in [0.15, 0.2) is 46.6 Å². The number of hydrogen-bond acceptors (Lipinski definition) is 7. The van der Waals surface area contributed by atoms with E-state index in [1.54, 1.807) is 35.8 Å². The molecule has 0 atom stereocenters. The molecule has 0 N–H and O–H groups in total. The first-order valence-corrected chi connectivity index (χ1v) is 13.3. The van der Waals surface area contributed by atoms with Crippen LogP contribution in [0.3, 0.4) is 0 Å². The van der Waals surface area contributed by atoms with Crippen LogP contribution < -0.4 is 15.4 Å². The number of pyridine rings is 1. The number of thiocarbonyl (C=S) groups is 1. The fourth-order valence-corrected chi connectivity index (χ4v) is 5.96. The number of piperazine rings is 1. The van der Waals surface area contributed by atoms with Crippen LogP contribution in [0.1, 0.15) is 30.0 Å². The molecule has 10 heteroatoms. The van der Waals surface area contributed by atoms with Gasteiger partial charge in [0.2, 0.25) is 0 Å². The summed E-state index contributed by atoms with van der Waals surface area (Å²) >= 11 is 6.60. The molecule has 0 radical (unpaired) electrons. The summed E-state index contributed by atoms with van der Waals surface area (Å²) in [6, 6.07) is 8.77. The molecular formula is C27H28FN5O2S2. The lowest BCUT2D eigenvalue weighted by atomic mass is 10.0. The van der Waals surface area contributed by atoms with Gasteiger partial charge in [0.1, 0.15) is 27.6 Å². The molecular weight excluding hydrogens is 509 g/mol. The average Bonchev–Trinajstić information content (AvgIpc) is 3.15. The number of para-hydroxylation sites is 1. The molecule has 192 valence electrons. The number of nitrogens with zero attached hydrogens (tertiary/aromatic N) is 5. The van der Waals surface area contributed by atoms with Gasteiger partial charge in [-0.3, -0.25) is 19.1 Å². The van der Waals surface area contributed by atoms with Crippen molar-refractivity contribution in [2.75, 3.05) is 42.5 Å². The molecule has 0 spiro atoms. The van der Waals surface area contributed by atoms with Crippen LogP contribution in [0.5, 0.6) is 0 Å². The summed E-state index contributed by atoms with van der Waals surface area (Å²) in [4.78, 5) is 32.5. The topological polar surface area (TPSA) is 72.6 Å². The second-order valence-electron chi connectivity index (χ2n) is 8.81. The first-order chi connectivity index (χ1) is 17.8. The smallest absolute Gasteiger partial charge is 0.270 e. The molecule has 0 unspecified atom stereocenters. The standard InChI is InChI=1S/C27H28FN5O2S2/c1-4-10-32-24(31-14-12-30(13-15-31)22-9-7-6-8-21(22)28)19(18(3)20(17-29)25(32)34)16-23-26(35)33(11-5-2)27(36)37-23/h5-9,16H,2,4,10-15H2,1,3H3. The largest absolute Gasteiger partial charge is 0.366 e. The number of thioether (sulfide) groups is 1. The predicted molar refractivity (Wildman–Crippen MR) is 151 cm³/mol. The lowest BCUT2D eigenvalue weighted by Gasteiger charge is -2.39. The lowest BCUT2D eigenvalue weighted by molar-refractivity contribution is -0.121. The summed E-state index contributed by atoms with van der Waals surface area (Å²) < 4.78 is 16.5. The Kier molecular flexibility index (Phi) is 8.15. The zero-order chi connectivity index (χ0) is 26.7. The maximum atomic E-state index is 14.4.